The standard InChI is InChI=1S/C18H23NO5/c1-11(2)8-9-19-14-10-13(15(20)5-7-17(21)22)4-6-16(14)24-12(3)18(19)23/h4,6,10-12H,5,7-9H2,1-3H3,(H,21,22). The summed E-state index contributed by atoms with van der Waals surface area (Å²) in [4.78, 5) is 36.9. The third kappa shape index (κ3) is 4.13. The summed E-state index contributed by atoms with van der Waals surface area (Å²) in [5, 5.41) is 8.70. The van der Waals surface area contributed by atoms with Gasteiger partial charge in [0.15, 0.2) is 11.9 Å². The zero-order valence-corrected chi connectivity index (χ0v) is 14.2. The number of benzene rings is 1. The molecule has 6 nitrogen and oxygen atoms in total. The lowest BCUT2D eigenvalue weighted by atomic mass is 10.0. The number of hydrogen-bond acceptors (Lipinski definition) is 4. The Morgan fingerprint density at radius 3 is 2.62 bits per heavy atom. The summed E-state index contributed by atoms with van der Waals surface area (Å²) < 4.78 is 5.62. The molecule has 0 radical (unpaired) electrons. The minimum Gasteiger partial charge on any atom is -0.481 e. The van der Waals surface area contributed by atoms with Crippen LogP contribution in [-0.4, -0.2) is 35.4 Å². The van der Waals surface area contributed by atoms with Gasteiger partial charge in [0.1, 0.15) is 5.75 Å². The summed E-state index contributed by atoms with van der Waals surface area (Å²) in [5.41, 5.74) is 0.982. The van der Waals surface area contributed by atoms with Crippen molar-refractivity contribution in [3.63, 3.8) is 0 Å². The van der Waals surface area contributed by atoms with E-state index in [1.54, 1.807) is 30.0 Å². The maximum atomic E-state index is 12.4. The van der Waals surface area contributed by atoms with E-state index in [1.165, 1.54) is 0 Å². The van der Waals surface area contributed by atoms with Gasteiger partial charge in [-0.25, -0.2) is 0 Å². The highest BCUT2D eigenvalue weighted by Crippen LogP contribution is 2.35. The molecular weight excluding hydrogens is 310 g/mol. The molecule has 1 aromatic rings. The molecule has 1 unspecified atom stereocenters. The highest BCUT2D eigenvalue weighted by Gasteiger charge is 2.31. The Hall–Kier alpha value is -2.37. The van der Waals surface area contributed by atoms with Gasteiger partial charge in [0.2, 0.25) is 0 Å². The number of nitrogens with zero attached hydrogens (tertiary/aromatic N) is 1. The molecule has 1 aliphatic heterocycles. The van der Waals surface area contributed by atoms with Crippen LogP contribution in [0.3, 0.4) is 0 Å². The summed E-state index contributed by atoms with van der Waals surface area (Å²) in [5.74, 6) is -0.374. The van der Waals surface area contributed by atoms with Gasteiger partial charge >= 0.3 is 5.97 Å². The highest BCUT2D eigenvalue weighted by atomic mass is 16.5. The normalized spacial score (nSPS) is 16.8. The number of amides is 1. The first-order valence-electron chi connectivity index (χ1n) is 8.16. The van der Waals surface area contributed by atoms with E-state index in [0.29, 0.717) is 29.5 Å². The van der Waals surface area contributed by atoms with E-state index >= 15 is 0 Å². The summed E-state index contributed by atoms with van der Waals surface area (Å²) in [6.45, 7) is 6.44. The maximum absolute atomic E-state index is 12.4. The van der Waals surface area contributed by atoms with Crippen LogP contribution in [0.1, 0.15) is 50.4 Å². The fourth-order valence-corrected chi connectivity index (χ4v) is 2.56. The summed E-state index contributed by atoms with van der Waals surface area (Å²) in [6, 6.07) is 4.92. The molecule has 130 valence electrons. The predicted molar refractivity (Wildman–Crippen MR) is 89.5 cm³/mol. The van der Waals surface area contributed by atoms with Crippen LogP contribution in [0.4, 0.5) is 5.69 Å². The minimum absolute atomic E-state index is 0.0642. The van der Waals surface area contributed by atoms with Crippen molar-refractivity contribution in [1.29, 1.82) is 0 Å². The summed E-state index contributed by atoms with van der Waals surface area (Å²) >= 11 is 0. The van der Waals surface area contributed by atoms with E-state index in [9.17, 15) is 14.4 Å². The van der Waals surface area contributed by atoms with Gasteiger partial charge < -0.3 is 14.7 Å². The average Bonchev–Trinajstić information content (AvgIpc) is 2.52. The van der Waals surface area contributed by atoms with Gasteiger partial charge in [0.05, 0.1) is 12.1 Å². The SMILES string of the molecule is CC(C)CCN1C(=O)C(C)Oc2ccc(C(=O)CCC(=O)O)cc21. The molecule has 0 aliphatic carbocycles. The van der Waals surface area contributed by atoms with Crippen molar-refractivity contribution in [2.45, 2.75) is 46.1 Å². The van der Waals surface area contributed by atoms with E-state index in [2.05, 4.69) is 13.8 Å². The maximum Gasteiger partial charge on any atom is 0.303 e. The second kappa shape index (κ2) is 7.47. The van der Waals surface area contributed by atoms with E-state index < -0.39 is 12.1 Å². The largest absolute Gasteiger partial charge is 0.481 e. The van der Waals surface area contributed by atoms with Crippen molar-refractivity contribution in [1.82, 2.24) is 0 Å². The molecule has 1 N–H and O–H groups in total. The number of hydrogen-bond donors (Lipinski definition) is 1. The van der Waals surface area contributed by atoms with E-state index in [-0.39, 0.29) is 24.5 Å². The Labute approximate surface area is 141 Å². The number of carboxylic acids is 1. The Morgan fingerprint density at radius 1 is 1.29 bits per heavy atom. The monoisotopic (exact) mass is 333 g/mol. The Morgan fingerprint density at radius 2 is 2.00 bits per heavy atom. The first kappa shape index (κ1) is 18.0. The number of carboxylic acid groups (broad SMARTS) is 1. The van der Waals surface area contributed by atoms with Crippen molar-refractivity contribution in [2.75, 3.05) is 11.4 Å². The van der Waals surface area contributed by atoms with Crippen molar-refractivity contribution in [3.05, 3.63) is 23.8 Å². The molecule has 0 fully saturated rings. The Balaban J connectivity index is 2.28. The van der Waals surface area contributed by atoms with E-state index in [1.807, 2.05) is 0 Å². The second-order valence-corrected chi connectivity index (χ2v) is 6.43. The third-order valence-corrected chi connectivity index (χ3v) is 3.99. The van der Waals surface area contributed by atoms with Crippen molar-refractivity contribution in [3.8, 4) is 5.75 Å². The van der Waals surface area contributed by atoms with Gasteiger partial charge in [-0.1, -0.05) is 13.8 Å². The number of carbonyl (C=O) groups excluding carboxylic acids is 2. The van der Waals surface area contributed by atoms with Crippen molar-refractivity contribution < 1.29 is 24.2 Å². The molecule has 6 heteroatoms. The number of aliphatic carboxylic acids is 1. The molecule has 0 spiro atoms. The molecule has 1 aromatic carbocycles. The van der Waals surface area contributed by atoms with Crippen molar-refractivity contribution in [2.24, 2.45) is 5.92 Å². The molecule has 0 aromatic heterocycles. The molecule has 0 bridgehead atoms. The lowest BCUT2D eigenvalue weighted by Gasteiger charge is -2.33. The fourth-order valence-electron chi connectivity index (χ4n) is 2.56. The van der Waals surface area contributed by atoms with Crippen LogP contribution in [-0.2, 0) is 9.59 Å². The first-order valence-corrected chi connectivity index (χ1v) is 8.16. The number of Topliss-reactive ketones (excluding diaryl/α,β-unsaturated/α-hetero) is 1. The van der Waals surface area contributed by atoms with Crippen LogP contribution in [0.5, 0.6) is 5.75 Å². The minimum atomic E-state index is -1.01. The smallest absolute Gasteiger partial charge is 0.303 e. The number of ether oxygens (including phenoxy) is 1. The van der Waals surface area contributed by atoms with Crippen LogP contribution in [0.15, 0.2) is 18.2 Å². The third-order valence-electron chi connectivity index (χ3n) is 3.99. The number of carbonyl (C=O) groups is 3. The average molecular weight is 333 g/mol. The van der Waals surface area contributed by atoms with Crippen LogP contribution in [0.2, 0.25) is 0 Å². The van der Waals surface area contributed by atoms with Gasteiger partial charge in [0, 0.05) is 18.5 Å². The zero-order chi connectivity index (χ0) is 17.9. The fraction of sp³-hybridized carbons (Fsp3) is 0.500. The van der Waals surface area contributed by atoms with Crippen LogP contribution in [0.25, 0.3) is 0 Å². The lowest BCUT2D eigenvalue weighted by Crippen LogP contribution is -2.45. The van der Waals surface area contributed by atoms with Gasteiger partial charge in [-0.2, -0.15) is 0 Å². The van der Waals surface area contributed by atoms with Crippen LogP contribution >= 0.6 is 0 Å². The number of ketones is 1. The first-order chi connectivity index (χ1) is 11.3. The second-order valence-electron chi connectivity index (χ2n) is 6.43. The summed E-state index contributed by atoms with van der Waals surface area (Å²) in [6.07, 6.45) is 0.0121. The van der Waals surface area contributed by atoms with Gasteiger partial charge in [-0.05, 0) is 37.5 Å². The number of anilines is 1. The molecule has 0 saturated heterocycles. The molecule has 24 heavy (non-hydrogen) atoms. The highest BCUT2D eigenvalue weighted by molar-refractivity contribution is 6.03. The van der Waals surface area contributed by atoms with Crippen molar-refractivity contribution >= 4 is 23.3 Å². The topological polar surface area (TPSA) is 83.9 Å². The van der Waals surface area contributed by atoms with Gasteiger partial charge in [-0.15, -0.1) is 0 Å². The molecule has 0 saturated carbocycles. The van der Waals surface area contributed by atoms with Gasteiger partial charge in [-0.3, -0.25) is 14.4 Å². The van der Waals surface area contributed by atoms with Crippen LogP contribution < -0.4 is 9.64 Å². The number of rotatable bonds is 7. The molecular formula is C18H23NO5. The molecule has 1 heterocycles. The zero-order valence-electron chi connectivity index (χ0n) is 14.2. The Kier molecular flexibility index (Phi) is 5.59. The summed E-state index contributed by atoms with van der Waals surface area (Å²) in [7, 11) is 0. The number of fused-ring (bicyclic) bond motifs is 1. The molecule has 1 amide bonds. The van der Waals surface area contributed by atoms with Crippen LogP contribution in [0, 0.1) is 5.92 Å². The molecule has 1 atom stereocenters. The molecule has 1 aliphatic rings. The van der Waals surface area contributed by atoms with E-state index in [0.717, 1.165) is 6.42 Å². The lowest BCUT2D eigenvalue weighted by molar-refractivity contribution is -0.137. The van der Waals surface area contributed by atoms with Gasteiger partial charge in [0.25, 0.3) is 5.91 Å². The quantitative estimate of drug-likeness (QED) is 0.776. The molecule has 2 rings (SSSR count). The van der Waals surface area contributed by atoms with E-state index in [4.69, 9.17) is 9.84 Å². The Bertz CT molecular complexity index is 653. The predicted octanol–water partition coefficient (Wildman–Crippen LogP) is 2.89.